The number of aryl methyl sites for hydroxylation is 2. The van der Waals surface area contributed by atoms with Crippen molar-refractivity contribution in [3.05, 3.63) is 100 Å². The lowest BCUT2D eigenvalue weighted by molar-refractivity contribution is -0.150. The number of hydrogen-bond acceptors (Lipinski definition) is 5. The molecule has 1 heterocycles. The molecule has 0 saturated carbocycles. The molecule has 3 N–H and O–H groups in total. The second kappa shape index (κ2) is 9.87. The first kappa shape index (κ1) is 22.7. The number of carbonyl (C=O) groups is 2. The van der Waals surface area contributed by atoms with Gasteiger partial charge in [0.2, 0.25) is 0 Å². The molecule has 1 atom stereocenters. The smallest absolute Gasteiger partial charge is 0.322 e. The van der Waals surface area contributed by atoms with Gasteiger partial charge < -0.3 is 15.4 Å². The van der Waals surface area contributed by atoms with Crippen molar-refractivity contribution in [3.8, 4) is 0 Å². The second-order valence-corrected chi connectivity index (χ2v) is 7.62. The maximum atomic E-state index is 11.4. The summed E-state index contributed by atoms with van der Waals surface area (Å²) >= 11 is 0. The number of hydrogen-bond donors (Lipinski definition) is 3. The molecule has 0 amide bonds. The molecule has 32 heavy (non-hydrogen) atoms. The number of pyridine rings is 1. The van der Waals surface area contributed by atoms with Crippen molar-refractivity contribution in [1.29, 1.82) is 0 Å². The van der Waals surface area contributed by atoms with Crippen molar-refractivity contribution < 1.29 is 25.0 Å². The Labute approximate surface area is 185 Å². The summed E-state index contributed by atoms with van der Waals surface area (Å²) in [6.07, 6.45) is 2.04. The van der Waals surface area contributed by atoms with Crippen molar-refractivity contribution in [2.45, 2.75) is 32.1 Å². The van der Waals surface area contributed by atoms with E-state index < -0.39 is 17.9 Å². The van der Waals surface area contributed by atoms with Gasteiger partial charge in [-0.15, -0.1) is 0 Å². The number of oxime groups is 1. The number of carboxylic acids is 2. The van der Waals surface area contributed by atoms with Gasteiger partial charge in [0.1, 0.15) is 0 Å². The average molecular weight is 432 g/mol. The van der Waals surface area contributed by atoms with Crippen LogP contribution in [0.1, 0.15) is 51.8 Å². The molecular weight excluding hydrogens is 408 g/mol. The number of carboxylic acid groups (broad SMARTS) is 2. The number of benzene rings is 2. The summed E-state index contributed by atoms with van der Waals surface area (Å²) in [5.41, 5.74) is 5.17. The zero-order valence-corrected chi connectivity index (χ0v) is 17.8. The number of aliphatic carboxylic acids is 2. The fraction of sp³-hybridized carbons (Fsp3) is 0.200. The Hall–Kier alpha value is -4.00. The summed E-state index contributed by atoms with van der Waals surface area (Å²) in [5.74, 6) is -4.65. The third kappa shape index (κ3) is 5.00. The van der Waals surface area contributed by atoms with Gasteiger partial charge in [-0.05, 0) is 48.2 Å². The van der Waals surface area contributed by atoms with E-state index in [9.17, 15) is 25.0 Å². The van der Waals surface area contributed by atoms with Gasteiger partial charge in [0.15, 0.2) is 5.92 Å². The zero-order chi connectivity index (χ0) is 23.3. The molecule has 0 radical (unpaired) electrons. The highest BCUT2D eigenvalue weighted by Crippen LogP contribution is 2.33. The molecule has 2 aromatic carbocycles. The first-order valence-corrected chi connectivity index (χ1v) is 10.1. The normalized spacial score (nSPS) is 12.5. The molecule has 0 bridgehead atoms. The number of aromatic nitrogens is 1. The molecule has 0 aliphatic rings. The van der Waals surface area contributed by atoms with Gasteiger partial charge in [-0.2, -0.15) is 0 Å². The maximum Gasteiger partial charge on any atom is 0.322 e. The van der Waals surface area contributed by atoms with Crippen LogP contribution in [-0.2, 0) is 9.59 Å². The van der Waals surface area contributed by atoms with Crippen LogP contribution in [0.4, 0.5) is 0 Å². The lowest BCUT2D eigenvalue weighted by Gasteiger charge is -2.21. The molecule has 3 aromatic rings. The van der Waals surface area contributed by atoms with Gasteiger partial charge >= 0.3 is 11.9 Å². The molecule has 7 heteroatoms. The second-order valence-electron chi connectivity index (χ2n) is 7.62. The van der Waals surface area contributed by atoms with E-state index in [4.69, 9.17) is 0 Å². The van der Waals surface area contributed by atoms with Crippen molar-refractivity contribution in [1.82, 2.24) is 4.98 Å². The minimum atomic E-state index is -1.63. The fourth-order valence-corrected chi connectivity index (χ4v) is 3.83. The fourth-order valence-electron chi connectivity index (χ4n) is 3.83. The molecule has 1 aromatic heterocycles. The summed E-state index contributed by atoms with van der Waals surface area (Å²) in [4.78, 5) is 26.9. The quantitative estimate of drug-likeness (QED) is 0.211. The van der Waals surface area contributed by atoms with Crippen LogP contribution in [0.25, 0.3) is 0 Å². The molecule has 0 spiro atoms. The van der Waals surface area contributed by atoms with Gasteiger partial charge in [-0.25, -0.2) is 0 Å². The minimum absolute atomic E-state index is 0.193. The SMILES string of the molecule is Cc1cc(/C(C[C@@H](c2ccc(C(C(=O)O)C(=O)O)cc2)c2ccccc2C)=N/O)ccn1. The van der Waals surface area contributed by atoms with Crippen molar-refractivity contribution >= 4 is 17.7 Å². The number of rotatable bonds is 8. The van der Waals surface area contributed by atoms with Gasteiger partial charge in [-0.3, -0.25) is 14.6 Å². The van der Waals surface area contributed by atoms with E-state index in [2.05, 4.69) is 10.1 Å². The Balaban J connectivity index is 2.03. The van der Waals surface area contributed by atoms with Crippen LogP contribution in [-0.4, -0.2) is 38.1 Å². The van der Waals surface area contributed by atoms with E-state index in [1.54, 1.807) is 24.4 Å². The van der Waals surface area contributed by atoms with Crippen molar-refractivity contribution in [2.75, 3.05) is 0 Å². The van der Waals surface area contributed by atoms with E-state index in [1.165, 1.54) is 12.1 Å². The molecule has 7 nitrogen and oxygen atoms in total. The molecule has 164 valence electrons. The Morgan fingerprint density at radius 3 is 2.12 bits per heavy atom. The maximum absolute atomic E-state index is 11.4. The van der Waals surface area contributed by atoms with Gasteiger partial charge in [-0.1, -0.05) is 53.7 Å². The molecule has 0 unspecified atom stereocenters. The van der Waals surface area contributed by atoms with E-state index in [1.807, 2.05) is 44.2 Å². The minimum Gasteiger partial charge on any atom is -0.480 e. The van der Waals surface area contributed by atoms with Crippen molar-refractivity contribution in [2.24, 2.45) is 5.16 Å². The third-order valence-electron chi connectivity index (χ3n) is 5.48. The summed E-state index contributed by atoms with van der Waals surface area (Å²) in [7, 11) is 0. The topological polar surface area (TPSA) is 120 Å². The standard InChI is InChI=1S/C25H24N2O5/c1-15-5-3-4-6-20(15)21(14-22(27-32)19-11-12-26-16(2)13-19)17-7-9-18(10-8-17)23(24(28)29)25(30)31/h3-13,21,23,32H,14H2,1-2H3,(H,28,29)(H,30,31)/b27-22+/t21-/m0/s1. The van der Waals surface area contributed by atoms with E-state index in [0.717, 1.165) is 27.9 Å². The average Bonchev–Trinajstić information content (AvgIpc) is 2.75. The van der Waals surface area contributed by atoms with Crippen LogP contribution in [0.5, 0.6) is 0 Å². The number of nitrogens with zero attached hydrogens (tertiary/aromatic N) is 2. The predicted molar refractivity (Wildman–Crippen MR) is 119 cm³/mol. The van der Waals surface area contributed by atoms with Crippen LogP contribution in [0.15, 0.2) is 72.0 Å². The summed E-state index contributed by atoms with van der Waals surface area (Å²) in [6, 6.07) is 18.0. The molecular formula is C25H24N2O5. The highest BCUT2D eigenvalue weighted by Gasteiger charge is 2.28. The van der Waals surface area contributed by atoms with E-state index >= 15 is 0 Å². The third-order valence-corrected chi connectivity index (χ3v) is 5.48. The molecule has 3 rings (SSSR count). The van der Waals surface area contributed by atoms with Crippen LogP contribution < -0.4 is 0 Å². The Bertz CT molecular complexity index is 1140. The van der Waals surface area contributed by atoms with E-state index in [-0.39, 0.29) is 11.5 Å². The van der Waals surface area contributed by atoms with Crippen LogP contribution in [0.3, 0.4) is 0 Å². The van der Waals surface area contributed by atoms with Crippen molar-refractivity contribution in [3.63, 3.8) is 0 Å². The monoisotopic (exact) mass is 432 g/mol. The summed E-state index contributed by atoms with van der Waals surface area (Å²) < 4.78 is 0. The Morgan fingerprint density at radius 1 is 0.938 bits per heavy atom. The summed E-state index contributed by atoms with van der Waals surface area (Å²) in [6.45, 7) is 3.85. The van der Waals surface area contributed by atoms with Gasteiger partial charge in [0, 0.05) is 29.8 Å². The van der Waals surface area contributed by atoms with Crippen LogP contribution in [0, 0.1) is 13.8 Å². The molecule has 0 fully saturated rings. The summed E-state index contributed by atoms with van der Waals surface area (Å²) in [5, 5.41) is 31.8. The first-order valence-electron chi connectivity index (χ1n) is 10.1. The highest BCUT2D eigenvalue weighted by molar-refractivity contribution is 6.01. The van der Waals surface area contributed by atoms with E-state index in [0.29, 0.717) is 12.1 Å². The lowest BCUT2D eigenvalue weighted by atomic mass is 9.82. The predicted octanol–water partition coefficient (Wildman–Crippen LogP) is 4.35. The zero-order valence-electron chi connectivity index (χ0n) is 17.8. The van der Waals surface area contributed by atoms with Gasteiger partial charge in [0.05, 0.1) is 5.71 Å². The Kier molecular flexibility index (Phi) is 7.00. The van der Waals surface area contributed by atoms with Crippen LogP contribution in [0.2, 0.25) is 0 Å². The molecule has 0 saturated heterocycles. The first-order chi connectivity index (χ1) is 15.3. The molecule has 0 aliphatic carbocycles. The molecule has 0 aliphatic heterocycles. The Morgan fingerprint density at radius 2 is 1.56 bits per heavy atom. The largest absolute Gasteiger partial charge is 0.480 e. The lowest BCUT2D eigenvalue weighted by Crippen LogP contribution is -2.21. The van der Waals surface area contributed by atoms with Gasteiger partial charge in [0.25, 0.3) is 0 Å². The van der Waals surface area contributed by atoms with Crippen LogP contribution >= 0.6 is 0 Å². The highest BCUT2D eigenvalue weighted by atomic mass is 16.4.